The Hall–Kier alpha value is -1.07. The number of alkyl halides is 3. The first-order valence-electron chi connectivity index (χ1n) is 6.36. The maximum atomic E-state index is 13.1. The Morgan fingerprint density at radius 3 is 2.42 bits per heavy atom. The summed E-state index contributed by atoms with van der Waals surface area (Å²) < 4.78 is 39.2. The summed E-state index contributed by atoms with van der Waals surface area (Å²) in [6.45, 7) is 5.22. The number of rotatable bonds is 2. The van der Waals surface area contributed by atoms with Gasteiger partial charge < -0.3 is 4.90 Å². The third kappa shape index (κ3) is 3.48. The van der Waals surface area contributed by atoms with Gasteiger partial charge in [0.1, 0.15) is 0 Å². The van der Waals surface area contributed by atoms with Crippen molar-refractivity contribution < 1.29 is 13.2 Å². The average molecular weight is 271 g/mol. The van der Waals surface area contributed by atoms with Crippen molar-refractivity contribution >= 4 is 0 Å². The van der Waals surface area contributed by atoms with E-state index in [9.17, 15) is 13.2 Å². The van der Waals surface area contributed by atoms with Crippen LogP contribution in [-0.2, 0) is 12.7 Å². The van der Waals surface area contributed by atoms with E-state index in [1.165, 1.54) is 13.0 Å². The predicted octanol–water partition coefficient (Wildman–Crippen LogP) is 2.56. The molecule has 0 saturated carbocycles. The molecule has 19 heavy (non-hydrogen) atoms. The molecule has 5 heteroatoms. The van der Waals surface area contributed by atoms with Gasteiger partial charge in [0.15, 0.2) is 0 Å². The number of likely N-dealkylation sites (N-methyl/N-ethyl adjacent to an activating group) is 1. The quantitative estimate of drug-likeness (QED) is 0.815. The van der Waals surface area contributed by atoms with Gasteiger partial charge in [-0.2, -0.15) is 13.2 Å². The molecular formula is C14H18F3N2. The lowest BCUT2D eigenvalue weighted by atomic mass is 10.0. The smallest absolute Gasteiger partial charge is 0.304 e. The van der Waals surface area contributed by atoms with E-state index in [0.717, 1.165) is 26.2 Å². The fraction of sp³-hybridized carbons (Fsp3) is 0.571. The zero-order valence-electron chi connectivity index (χ0n) is 11.2. The molecule has 2 rings (SSSR count). The van der Waals surface area contributed by atoms with Crippen molar-refractivity contribution in [1.82, 2.24) is 9.80 Å². The molecule has 105 valence electrons. The van der Waals surface area contributed by atoms with Gasteiger partial charge in [0.2, 0.25) is 0 Å². The summed E-state index contributed by atoms with van der Waals surface area (Å²) in [5.74, 6) is 0. The second kappa shape index (κ2) is 5.51. The SMILES string of the molecule is Cc1cc[c]c(CN2CCN(C)CC2)c1C(F)(F)F. The largest absolute Gasteiger partial charge is 0.416 e. The first kappa shape index (κ1) is 14.3. The Labute approximate surface area is 111 Å². The van der Waals surface area contributed by atoms with Gasteiger partial charge in [-0.25, -0.2) is 0 Å². The molecule has 0 aliphatic carbocycles. The third-order valence-electron chi connectivity index (χ3n) is 3.55. The van der Waals surface area contributed by atoms with Crippen molar-refractivity contribution in [3.63, 3.8) is 0 Å². The van der Waals surface area contributed by atoms with E-state index in [1.807, 2.05) is 7.05 Å². The van der Waals surface area contributed by atoms with Gasteiger partial charge >= 0.3 is 6.18 Å². The van der Waals surface area contributed by atoms with Gasteiger partial charge in [0, 0.05) is 32.7 Å². The molecule has 0 N–H and O–H groups in total. The standard InChI is InChI=1S/C14H18F3N2/c1-11-4-3-5-12(13(11)14(15,16)17)10-19-8-6-18(2)7-9-19/h3-4H,6-10H2,1-2H3. The normalized spacial score (nSPS) is 18.8. The minimum absolute atomic E-state index is 0.261. The number of aryl methyl sites for hydroxylation is 1. The molecule has 0 atom stereocenters. The lowest BCUT2D eigenvalue weighted by molar-refractivity contribution is -0.139. The number of benzene rings is 1. The minimum Gasteiger partial charge on any atom is -0.304 e. The summed E-state index contributed by atoms with van der Waals surface area (Å²) in [5, 5.41) is 0. The molecule has 1 heterocycles. The van der Waals surface area contributed by atoms with E-state index in [2.05, 4.69) is 15.9 Å². The van der Waals surface area contributed by atoms with Crippen LogP contribution in [0.1, 0.15) is 16.7 Å². The lowest BCUT2D eigenvalue weighted by Crippen LogP contribution is -2.44. The van der Waals surface area contributed by atoms with Crippen LogP contribution in [-0.4, -0.2) is 43.0 Å². The Bertz CT molecular complexity index is 435. The molecule has 1 fully saturated rings. The van der Waals surface area contributed by atoms with E-state index in [4.69, 9.17) is 0 Å². The van der Waals surface area contributed by atoms with E-state index in [1.54, 1.807) is 6.07 Å². The highest BCUT2D eigenvalue weighted by molar-refractivity contribution is 5.36. The van der Waals surface area contributed by atoms with Crippen molar-refractivity contribution in [2.45, 2.75) is 19.6 Å². The number of hydrogen-bond donors (Lipinski definition) is 0. The van der Waals surface area contributed by atoms with Crippen molar-refractivity contribution in [1.29, 1.82) is 0 Å². The minimum atomic E-state index is -4.30. The van der Waals surface area contributed by atoms with Crippen LogP contribution in [0.15, 0.2) is 12.1 Å². The summed E-state index contributed by atoms with van der Waals surface area (Å²) in [7, 11) is 2.03. The Kier molecular flexibility index (Phi) is 4.16. The molecule has 1 aliphatic rings. The zero-order valence-corrected chi connectivity index (χ0v) is 11.2. The molecular weight excluding hydrogens is 253 g/mol. The molecule has 1 aliphatic heterocycles. The maximum Gasteiger partial charge on any atom is 0.416 e. The average Bonchev–Trinajstić information content (AvgIpc) is 2.30. The second-order valence-electron chi connectivity index (χ2n) is 5.09. The Morgan fingerprint density at radius 2 is 1.84 bits per heavy atom. The highest BCUT2D eigenvalue weighted by Crippen LogP contribution is 2.34. The van der Waals surface area contributed by atoms with Gasteiger partial charge in [-0.15, -0.1) is 0 Å². The third-order valence-corrected chi connectivity index (χ3v) is 3.55. The van der Waals surface area contributed by atoms with Crippen LogP contribution < -0.4 is 0 Å². The number of hydrogen-bond acceptors (Lipinski definition) is 2. The van der Waals surface area contributed by atoms with Crippen LogP contribution in [0.2, 0.25) is 0 Å². The highest BCUT2D eigenvalue weighted by Gasteiger charge is 2.35. The summed E-state index contributed by atoms with van der Waals surface area (Å²) in [6, 6.07) is 5.82. The Balaban J connectivity index is 2.18. The van der Waals surface area contributed by atoms with E-state index in [-0.39, 0.29) is 11.1 Å². The Morgan fingerprint density at radius 1 is 1.21 bits per heavy atom. The van der Waals surface area contributed by atoms with E-state index in [0.29, 0.717) is 6.54 Å². The van der Waals surface area contributed by atoms with Crippen molar-refractivity contribution in [3.8, 4) is 0 Å². The van der Waals surface area contributed by atoms with Crippen LogP contribution in [0.3, 0.4) is 0 Å². The second-order valence-corrected chi connectivity index (χ2v) is 5.09. The maximum absolute atomic E-state index is 13.1. The number of halogens is 3. The zero-order chi connectivity index (χ0) is 14.0. The molecule has 2 nitrogen and oxygen atoms in total. The van der Waals surface area contributed by atoms with Gasteiger partial charge in [-0.05, 0) is 31.2 Å². The summed E-state index contributed by atoms with van der Waals surface area (Å²) in [5.41, 5.74) is 0.0151. The topological polar surface area (TPSA) is 6.48 Å². The van der Waals surface area contributed by atoms with Crippen LogP contribution >= 0.6 is 0 Å². The van der Waals surface area contributed by atoms with Crippen LogP contribution in [0.5, 0.6) is 0 Å². The lowest BCUT2D eigenvalue weighted by Gasteiger charge is -2.33. The van der Waals surface area contributed by atoms with Crippen LogP contribution in [0.4, 0.5) is 13.2 Å². The van der Waals surface area contributed by atoms with Gasteiger partial charge in [0.05, 0.1) is 5.56 Å². The molecule has 1 aromatic rings. The summed E-state index contributed by atoms with van der Waals surface area (Å²) in [4.78, 5) is 4.24. The van der Waals surface area contributed by atoms with Crippen molar-refractivity contribution in [3.05, 3.63) is 34.9 Å². The van der Waals surface area contributed by atoms with Crippen LogP contribution in [0, 0.1) is 13.0 Å². The van der Waals surface area contributed by atoms with Crippen molar-refractivity contribution in [2.24, 2.45) is 0 Å². The summed E-state index contributed by atoms with van der Waals surface area (Å²) >= 11 is 0. The van der Waals surface area contributed by atoms with E-state index >= 15 is 0 Å². The van der Waals surface area contributed by atoms with Gasteiger partial charge in [0.25, 0.3) is 0 Å². The number of nitrogens with zero attached hydrogens (tertiary/aromatic N) is 2. The highest BCUT2D eigenvalue weighted by atomic mass is 19.4. The first-order chi connectivity index (χ1) is 8.88. The van der Waals surface area contributed by atoms with Gasteiger partial charge in [-0.1, -0.05) is 12.1 Å². The monoisotopic (exact) mass is 271 g/mol. The van der Waals surface area contributed by atoms with E-state index < -0.39 is 11.7 Å². The fourth-order valence-corrected chi connectivity index (χ4v) is 2.41. The molecule has 0 amide bonds. The molecule has 0 unspecified atom stereocenters. The van der Waals surface area contributed by atoms with Gasteiger partial charge in [-0.3, -0.25) is 4.90 Å². The number of piperazine rings is 1. The van der Waals surface area contributed by atoms with Crippen molar-refractivity contribution in [2.75, 3.05) is 33.2 Å². The molecule has 1 saturated heterocycles. The molecule has 1 radical (unpaired) electrons. The van der Waals surface area contributed by atoms with Crippen LogP contribution in [0.25, 0.3) is 0 Å². The molecule has 0 spiro atoms. The molecule has 1 aromatic carbocycles. The fourth-order valence-electron chi connectivity index (χ4n) is 2.41. The first-order valence-corrected chi connectivity index (χ1v) is 6.36. The molecule has 0 bridgehead atoms. The summed E-state index contributed by atoms with van der Waals surface area (Å²) in [6.07, 6.45) is -4.30. The predicted molar refractivity (Wildman–Crippen MR) is 67.8 cm³/mol. The molecule has 0 aromatic heterocycles.